The number of carbonyl (C=O) groups excluding carboxylic acids is 1. The summed E-state index contributed by atoms with van der Waals surface area (Å²) in [6.45, 7) is 3.80. The van der Waals surface area contributed by atoms with Crippen LogP contribution in [0.15, 0.2) is 36.5 Å². The standard InChI is InChI=1S/C62H117NO8/c1-3-5-7-9-11-13-15-17-19-21-23-25-27-28-30-32-34-36-38-40-42-44-46-48-50-52-58(66)63-55(54-70-62-61(69)60(68)59(67)57(53-64)71-62)56(65)51-49-47-45-43-41-39-37-35-33-31-29-26-24-22-20-18-16-14-12-10-8-6-4-2/h33,35,41,43,49,51,55-57,59-62,64-65,67-69H,3-32,34,36-40,42,44-48,50,52-54H2,1-2H3,(H,63,66)/b35-33+,43-41+,51-49+. The average Bonchev–Trinajstić information content (AvgIpc) is 3.37. The van der Waals surface area contributed by atoms with E-state index in [0.29, 0.717) is 6.42 Å². The van der Waals surface area contributed by atoms with E-state index in [1.807, 2.05) is 6.08 Å². The van der Waals surface area contributed by atoms with E-state index in [-0.39, 0.29) is 12.5 Å². The molecule has 1 amide bonds. The summed E-state index contributed by atoms with van der Waals surface area (Å²) in [7, 11) is 0. The van der Waals surface area contributed by atoms with Crippen molar-refractivity contribution in [1.29, 1.82) is 0 Å². The molecular formula is C62H117NO8. The van der Waals surface area contributed by atoms with Gasteiger partial charge in [0.25, 0.3) is 0 Å². The van der Waals surface area contributed by atoms with Crippen LogP contribution in [0.1, 0.15) is 296 Å². The van der Waals surface area contributed by atoms with Gasteiger partial charge in [0.1, 0.15) is 24.4 Å². The highest BCUT2D eigenvalue weighted by atomic mass is 16.7. The fourth-order valence-electron chi connectivity index (χ4n) is 9.84. The monoisotopic (exact) mass is 1000 g/mol. The summed E-state index contributed by atoms with van der Waals surface area (Å²) in [6, 6.07) is -0.827. The largest absolute Gasteiger partial charge is 0.394 e. The van der Waals surface area contributed by atoms with Gasteiger partial charge in [-0.1, -0.05) is 281 Å². The minimum atomic E-state index is -1.57. The van der Waals surface area contributed by atoms with Gasteiger partial charge >= 0.3 is 0 Å². The second-order valence-corrected chi connectivity index (χ2v) is 21.5. The van der Waals surface area contributed by atoms with Gasteiger partial charge in [-0.15, -0.1) is 0 Å². The van der Waals surface area contributed by atoms with Gasteiger partial charge in [0.15, 0.2) is 6.29 Å². The van der Waals surface area contributed by atoms with Crippen molar-refractivity contribution < 1.29 is 39.8 Å². The zero-order valence-electron chi connectivity index (χ0n) is 46.5. The Bertz CT molecular complexity index is 1210. The molecular weight excluding hydrogens is 887 g/mol. The zero-order valence-corrected chi connectivity index (χ0v) is 46.5. The maximum atomic E-state index is 13.1. The Morgan fingerprint density at radius 2 is 0.803 bits per heavy atom. The molecule has 0 aromatic heterocycles. The average molecular weight is 1000 g/mol. The molecule has 1 heterocycles. The minimum absolute atomic E-state index is 0.185. The SMILES string of the molecule is CCCCCCCCCCCCCCC/C=C/CC/C=C/CC/C=C/C(O)C(COC1OC(CO)C(O)C(O)C1O)NC(=O)CCCCCCCCCCCCCCCCCCCCCCCCCCC. The lowest BCUT2D eigenvalue weighted by atomic mass is 9.99. The Balaban J connectivity index is 2.22. The Morgan fingerprint density at radius 1 is 0.465 bits per heavy atom. The van der Waals surface area contributed by atoms with Crippen LogP contribution in [0.3, 0.4) is 0 Å². The van der Waals surface area contributed by atoms with Gasteiger partial charge in [0, 0.05) is 6.42 Å². The van der Waals surface area contributed by atoms with E-state index in [1.165, 1.54) is 231 Å². The van der Waals surface area contributed by atoms with E-state index in [0.717, 1.165) is 44.9 Å². The predicted molar refractivity (Wildman–Crippen MR) is 300 cm³/mol. The Labute approximate surface area is 438 Å². The van der Waals surface area contributed by atoms with Gasteiger partial charge in [0.2, 0.25) is 5.91 Å². The highest BCUT2D eigenvalue weighted by Crippen LogP contribution is 2.23. The van der Waals surface area contributed by atoms with Gasteiger partial charge in [0.05, 0.1) is 25.4 Å². The number of rotatable bonds is 53. The molecule has 1 aliphatic heterocycles. The second kappa shape index (κ2) is 51.9. The second-order valence-electron chi connectivity index (χ2n) is 21.5. The van der Waals surface area contributed by atoms with E-state index in [2.05, 4.69) is 43.5 Å². The Hall–Kier alpha value is -1.59. The van der Waals surface area contributed by atoms with Gasteiger partial charge in [-0.2, -0.15) is 0 Å². The van der Waals surface area contributed by atoms with Crippen molar-refractivity contribution in [2.24, 2.45) is 0 Å². The van der Waals surface area contributed by atoms with Crippen LogP contribution >= 0.6 is 0 Å². The number of aliphatic hydroxyl groups excluding tert-OH is 5. The molecule has 6 N–H and O–H groups in total. The number of ether oxygens (including phenoxy) is 2. The summed E-state index contributed by atoms with van der Waals surface area (Å²) >= 11 is 0. The lowest BCUT2D eigenvalue weighted by Crippen LogP contribution is -2.60. The van der Waals surface area contributed by atoms with Crippen molar-refractivity contribution in [2.45, 2.75) is 339 Å². The van der Waals surface area contributed by atoms with Crippen LogP contribution in [0.5, 0.6) is 0 Å². The number of hydrogen-bond acceptors (Lipinski definition) is 8. The van der Waals surface area contributed by atoms with E-state index in [1.54, 1.807) is 6.08 Å². The fourth-order valence-corrected chi connectivity index (χ4v) is 9.84. The normalized spacial score (nSPS) is 19.5. The van der Waals surface area contributed by atoms with E-state index in [4.69, 9.17) is 9.47 Å². The molecule has 7 atom stereocenters. The number of amides is 1. The third-order valence-corrected chi connectivity index (χ3v) is 14.7. The molecule has 0 bridgehead atoms. The van der Waals surface area contributed by atoms with Gasteiger partial charge < -0.3 is 40.3 Å². The summed E-state index contributed by atoms with van der Waals surface area (Å²) in [5.41, 5.74) is 0. The number of allylic oxidation sites excluding steroid dienone is 5. The van der Waals surface area contributed by atoms with Crippen molar-refractivity contribution >= 4 is 5.91 Å². The first kappa shape index (κ1) is 67.4. The summed E-state index contributed by atoms with van der Waals surface area (Å²) in [6.07, 6.45) is 60.8. The summed E-state index contributed by atoms with van der Waals surface area (Å²) in [4.78, 5) is 13.1. The molecule has 0 aromatic rings. The van der Waals surface area contributed by atoms with Crippen LogP contribution in [-0.4, -0.2) is 87.5 Å². The van der Waals surface area contributed by atoms with Crippen molar-refractivity contribution in [2.75, 3.05) is 13.2 Å². The first-order chi connectivity index (χ1) is 34.8. The van der Waals surface area contributed by atoms with Crippen molar-refractivity contribution in [3.8, 4) is 0 Å². The van der Waals surface area contributed by atoms with E-state index < -0.39 is 49.5 Å². The van der Waals surface area contributed by atoms with Gasteiger partial charge in [-0.25, -0.2) is 0 Å². The quantitative estimate of drug-likeness (QED) is 0.0261. The molecule has 71 heavy (non-hydrogen) atoms. The molecule has 0 aliphatic carbocycles. The predicted octanol–water partition coefficient (Wildman–Crippen LogP) is 15.5. The highest BCUT2D eigenvalue weighted by molar-refractivity contribution is 5.76. The topological polar surface area (TPSA) is 149 Å². The summed E-state index contributed by atoms with van der Waals surface area (Å²) in [5, 5.41) is 54.6. The first-order valence-corrected chi connectivity index (χ1v) is 30.7. The van der Waals surface area contributed by atoms with E-state index >= 15 is 0 Å². The minimum Gasteiger partial charge on any atom is -0.394 e. The number of carbonyl (C=O) groups is 1. The zero-order chi connectivity index (χ0) is 51.5. The molecule has 418 valence electrons. The van der Waals surface area contributed by atoms with Crippen LogP contribution in [0, 0.1) is 0 Å². The molecule has 9 heteroatoms. The molecule has 7 unspecified atom stereocenters. The number of aliphatic hydroxyl groups is 5. The molecule has 0 aromatic carbocycles. The van der Waals surface area contributed by atoms with E-state index in [9.17, 15) is 30.3 Å². The molecule has 9 nitrogen and oxygen atoms in total. The number of hydrogen-bond donors (Lipinski definition) is 6. The Morgan fingerprint density at radius 3 is 1.18 bits per heavy atom. The lowest BCUT2D eigenvalue weighted by molar-refractivity contribution is -0.302. The van der Waals surface area contributed by atoms with Crippen LogP contribution < -0.4 is 5.32 Å². The molecule has 1 saturated heterocycles. The summed E-state index contributed by atoms with van der Waals surface area (Å²) < 4.78 is 11.3. The molecule has 1 rings (SSSR count). The van der Waals surface area contributed by atoms with Crippen LogP contribution in [-0.2, 0) is 14.3 Å². The molecule has 0 spiro atoms. The van der Waals surface area contributed by atoms with Crippen molar-refractivity contribution in [3.63, 3.8) is 0 Å². The third-order valence-electron chi connectivity index (χ3n) is 14.7. The molecule has 1 aliphatic rings. The van der Waals surface area contributed by atoms with Gasteiger partial charge in [-0.3, -0.25) is 4.79 Å². The van der Waals surface area contributed by atoms with Crippen LogP contribution in [0.2, 0.25) is 0 Å². The highest BCUT2D eigenvalue weighted by Gasteiger charge is 2.44. The van der Waals surface area contributed by atoms with Crippen molar-refractivity contribution in [3.05, 3.63) is 36.5 Å². The Kier molecular flexibility index (Phi) is 49.3. The van der Waals surface area contributed by atoms with Gasteiger partial charge in [-0.05, 0) is 44.9 Å². The maximum Gasteiger partial charge on any atom is 0.220 e. The van der Waals surface area contributed by atoms with Crippen LogP contribution in [0.25, 0.3) is 0 Å². The number of unbranched alkanes of at least 4 members (excludes halogenated alkanes) is 39. The number of nitrogens with one attached hydrogen (secondary N) is 1. The smallest absolute Gasteiger partial charge is 0.220 e. The van der Waals surface area contributed by atoms with Crippen molar-refractivity contribution in [1.82, 2.24) is 5.32 Å². The maximum absolute atomic E-state index is 13.1. The molecule has 0 saturated carbocycles. The molecule has 0 radical (unpaired) electrons. The summed E-state index contributed by atoms with van der Waals surface area (Å²) in [5.74, 6) is -0.185. The molecule has 1 fully saturated rings. The lowest BCUT2D eigenvalue weighted by Gasteiger charge is -2.40. The third kappa shape index (κ3) is 41.4. The first-order valence-electron chi connectivity index (χ1n) is 30.7. The van der Waals surface area contributed by atoms with Crippen LogP contribution in [0.4, 0.5) is 0 Å². The fraction of sp³-hybridized carbons (Fsp3) is 0.887.